The van der Waals surface area contributed by atoms with Crippen molar-refractivity contribution in [1.82, 2.24) is 4.98 Å². The first-order valence-electron chi connectivity index (χ1n) is 5.66. The lowest BCUT2D eigenvalue weighted by Gasteiger charge is -2.01. The number of rotatable bonds is 3. The Bertz CT molecular complexity index is 754. The largest absolute Gasteiger partial charge is 0.463 e. The van der Waals surface area contributed by atoms with Crippen molar-refractivity contribution in [2.75, 3.05) is 6.61 Å². The number of ether oxygens (including phenoxy) is 1. The number of benzene rings is 1. The summed E-state index contributed by atoms with van der Waals surface area (Å²) >= 11 is 9.14. The lowest BCUT2D eigenvalue weighted by atomic mass is 10.2. The second kappa shape index (κ2) is 6.19. The third-order valence-electron chi connectivity index (χ3n) is 2.32. The molecule has 1 aromatic carbocycles. The van der Waals surface area contributed by atoms with Crippen LogP contribution in [-0.4, -0.2) is 17.6 Å². The second-order valence-electron chi connectivity index (χ2n) is 3.71. The summed E-state index contributed by atoms with van der Waals surface area (Å²) in [7, 11) is 0. The van der Waals surface area contributed by atoms with Crippen molar-refractivity contribution in [3.63, 3.8) is 0 Å². The minimum atomic E-state index is -0.582. The average molecular weight is 359 g/mol. The molecular formula is C13H9BrClNO4. The van der Waals surface area contributed by atoms with Crippen molar-refractivity contribution in [3.05, 3.63) is 44.0 Å². The van der Waals surface area contributed by atoms with Crippen LogP contribution < -0.4 is 5.63 Å². The molecule has 0 atom stereocenters. The summed E-state index contributed by atoms with van der Waals surface area (Å²) in [5.74, 6) is -0.522. The van der Waals surface area contributed by atoms with Crippen LogP contribution in [-0.2, 0) is 9.53 Å². The summed E-state index contributed by atoms with van der Waals surface area (Å²) in [4.78, 5) is 27.2. The van der Waals surface area contributed by atoms with E-state index < -0.39 is 11.6 Å². The molecule has 0 bridgehead atoms. The number of hydrogen-bond acceptors (Lipinski definition) is 5. The van der Waals surface area contributed by atoms with Crippen molar-refractivity contribution in [2.24, 2.45) is 0 Å². The van der Waals surface area contributed by atoms with Crippen LogP contribution in [0.3, 0.4) is 0 Å². The van der Waals surface area contributed by atoms with Gasteiger partial charge in [-0.2, -0.15) is 0 Å². The van der Waals surface area contributed by atoms with Crippen molar-refractivity contribution in [2.45, 2.75) is 6.92 Å². The molecule has 0 unspecified atom stereocenters. The fourth-order valence-electron chi connectivity index (χ4n) is 1.52. The standard InChI is InChI=1S/C13H9BrClNO4/c1-2-19-11(17)4-3-10-16-12-8(13(18)20-10)5-7(15)6-9(12)14/h3-6H,2H2,1H3/b4-3-. The first-order valence-corrected chi connectivity index (χ1v) is 6.83. The number of esters is 1. The zero-order chi connectivity index (χ0) is 14.7. The van der Waals surface area contributed by atoms with E-state index in [1.165, 1.54) is 12.1 Å². The quantitative estimate of drug-likeness (QED) is 0.622. The molecule has 20 heavy (non-hydrogen) atoms. The Labute approximate surface area is 127 Å². The summed E-state index contributed by atoms with van der Waals surface area (Å²) in [6.45, 7) is 1.96. The van der Waals surface area contributed by atoms with Crippen molar-refractivity contribution in [3.8, 4) is 0 Å². The van der Waals surface area contributed by atoms with Gasteiger partial charge in [0.1, 0.15) is 0 Å². The number of aromatic nitrogens is 1. The monoisotopic (exact) mass is 357 g/mol. The van der Waals surface area contributed by atoms with E-state index in [1.807, 2.05) is 0 Å². The molecule has 5 nitrogen and oxygen atoms in total. The first kappa shape index (κ1) is 14.7. The van der Waals surface area contributed by atoms with Gasteiger partial charge in [-0.3, -0.25) is 0 Å². The predicted molar refractivity (Wildman–Crippen MR) is 78.7 cm³/mol. The van der Waals surface area contributed by atoms with Crippen LogP contribution in [0.25, 0.3) is 17.0 Å². The Morgan fingerprint density at radius 3 is 3.00 bits per heavy atom. The molecular weight excluding hydrogens is 350 g/mol. The van der Waals surface area contributed by atoms with Crippen LogP contribution in [0.4, 0.5) is 0 Å². The molecule has 0 N–H and O–H groups in total. The first-order chi connectivity index (χ1) is 9.51. The van der Waals surface area contributed by atoms with E-state index in [0.29, 0.717) is 15.0 Å². The Morgan fingerprint density at radius 2 is 2.30 bits per heavy atom. The van der Waals surface area contributed by atoms with Gasteiger partial charge in [0, 0.05) is 21.6 Å². The summed E-state index contributed by atoms with van der Waals surface area (Å²) in [5.41, 5.74) is -0.170. The highest BCUT2D eigenvalue weighted by atomic mass is 79.9. The molecule has 1 heterocycles. The molecule has 0 amide bonds. The molecule has 0 spiro atoms. The third kappa shape index (κ3) is 3.26. The number of fused-ring (bicyclic) bond motifs is 1. The van der Waals surface area contributed by atoms with E-state index in [4.69, 9.17) is 20.8 Å². The average Bonchev–Trinajstić information content (AvgIpc) is 2.38. The highest BCUT2D eigenvalue weighted by Crippen LogP contribution is 2.25. The van der Waals surface area contributed by atoms with E-state index in [1.54, 1.807) is 13.0 Å². The van der Waals surface area contributed by atoms with E-state index in [9.17, 15) is 9.59 Å². The molecule has 7 heteroatoms. The zero-order valence-corrected chi connectivity index (χ0v) is 12.7. The zero-order valence-electron chi connectivity index (χ0n) is 10.4. The van der Waals surface area contributed by atoms with Gasteiger partial charge in [0.15, 0.2) is 0 Å². The highest BCUT2D eigenvalue weighted by Gasteiger charge is 2.09. The molecule has 1 aromatic heterocycles. The smallest absolute Gasteiger partial charge is 0.347 e. The Hall–Kier alpha value is -1.66. The van der Waals surface area contributed by atoms with Crippen LogP contribution >= 0.6 is 27.5 Å². The Kier molecular flexibility index (Phi) is 4.57. The van der Waals surface area contributed by atoms with Gasteiger partial charge in [-0.15, -0.1) is 0 Å². The second-order valence-corrected chi connectivity index (χ2v) is 5.00. The molecule has 2 aromatic rings. The van der Waals surface area contributed by atoms with E-state index in [2.05, 4.69) is 20.9 Å². The van der Waals surface area contributed by atoms with Gasteiger partial charge in [0.25, 0.3) is 0 Å². The van der Waals surface area contributed by atoms with Gasteiger partial charge in [0.2, 0.25) is 5.89 Å². The van der Waals surface area contributed by atoms with Crippen LogP contribution in [0.1, 0.15) is 12.8 Å². The van der Waals surface area contributed by atoms with E-state index in [0.717, 1.165) is 6.08 Å². The minimum absolute atomic E-state index is 0.0126. The lowest BCUT2D eigenvalue weighted by Crippen LogP contribution is -2.04. The summed E-state index contributed by atoms with van der Waals surface area (Å²) in [5, 5.41) is 0.658. The highest BCUT2D eigenvalue weighted by molar-refractivity contribution is 9.10. The maximum absolute atomic E-state index is 11.8. The van der Waals surface area contributed by atoms with Gasteiger partial charge in [-0.25, -0.2) is 14.6 Å². The molecule has 0 saturated heterocycles. The lowest BCUT2D eigenvalue weighted by molar-refractivity contribution is -0.137. The number of halogens is 2. The van der Waals surface area contributed by atoms with E-state index in [-0.39, 0.29) is 17.9 Å². The van der Waals surface area contributed by atoms with Gasteiger partial charge >= 0.3 is 11.6 Å². The number of carbonyl (C=O) groups excluding carboxylic acids is 1. The Morgan fingerprint density at radius 1 is 1.55 bits per heavy atom. The van der Waals surface area contributed by atoms with Crippen LogP contribution in [0.5, 0.6) is 0 Å². The molecule has 0 saturated carbocycles. The van der Waals surface area contributed by atoms with Crippen molar-refractivity contribution < 1.29 is 13.9 Å². The fourth-order valence-corrected chi connectivity index (χ4v) is 2.42. The summed E-state index contributed by atoms with van der Waals surface area (Å²) in [6, 6.07) is 3.09. The van der Waals surface area contributed by atoms with Crippen LogP contribution in [0.15, 0.2) is 31.9 Å². The topological polar surface area (TPSA) is 69.4 Å². The fraction of sp³-hybridized carbons (Fsp3) is 0.154. The minimum Gasteiger partial charge on any atom is -0.463 e. The van der Waals surface area contributed by atoms with Crippen molar-refractivity contribution >= 4 is 50.5 Å². The SMILES string of the molecule is CCOC(=O)/C=C\c1nc2c(Br)cc(Cl)cc2c(=O)o1. The molecule has 0 aliphatic heterocycles. The normalized spacial score (nSPS) is 11.2. The Balaban J connectivity index is 2.48. The van der Waals surface area contributed by atoms with Crippen LogP contribution in [0, 0.1) is 0 Å². The van der Waals surface area contributed by atoms with Crippen LogP contribution in [0.2, 0.25) is 5.02 Å². The van der Waals surface area contributed by atoms with Gasteiger partial charge in [-0.05, 0) is 35.0 Å². The van der Waals surface area contributed by atoms with Gasteiger partial charge in [-0.1, -0.05) is 11.6 Å². The maximum Gasteiger partial charge on any atom is 0.347 e. The molecule has 0 aliphatic rings. The van der Waals surface area contributed by atoms with Gasteiger partial charge < -0.3 is 9.15 Å². The number of carbonyl (C=O) groups is 1. The maximum atomic E-state index is 11.8. The number of hydrogen-bond donors (Lipinski definition) is 0. The number of nitrogens with zero attached hydrogens (tertiary/aromatic N) is 1. The molecule has 2 rings (SSSR count). The summed E-state index contributed by atoms with van der Waals surface area (Å²) < 4.78 is 10.3. The molecule has 104 valence electrons. The molecule has 0 radical (unpaired) electrons. The predicted octanol–water partition coefficient (Wildman–Crippen LogP) is 3.18. The third-order valence-corrected chi connectivity index (χ3v) is 3.14. The van der Waals surface area contributed by atoms with Crippen molar-refractivity contribution in [1.29, 1.82) is 0 Å². The summed E-state index contributed by atoms with van der Waals surface area (Å²) in [6.07, 6.45) is 2.42. The molecule has 0 aliphatic carbocycles. The molecule has 0 fully saturated rings. The van der Waals surface area contributed by atoms with E-state index >= 15 is 0 Å². The van der Waals surface area contributed by atoms with Gasteiger partial charge in [0.05, 0.1) is 17.5 Å².